The van der Waals surface area contributed by atoms with Gasteiger partial charge in [-0.2, -0.15) is 0 Å². The summed E-state index contributed by atoms with van der Waals surface area (Å²) in [5, 5.41) is 3.24. The molecule has 3 rings (SSSR count). The van der Waals surface area contributed by atoms with Crippen LogP contribution in [-0.4, -0.2) is 23.0 Å². The second-order valence-electron chi connectivity index (χ2n) is 6.95. The van der Waals surface area contributed by atoms with Crippen LogP contribution in [0.3, 0.4) is 0 Å². The van der Waals surface area contributed by atoms with Gasteiger partial charge in [0.05, 0.1) is 17.7 Å². The molecule has 22 heavy (non-hydrogen) atoms. The van der Waals surface area contributed by atoms with E-state index in [-0.39, 0.29) is 30.0 Å². The largest absolute Gasteiger partial charge is 0.347 e. The Morgan fingerprint density at radius 3 is 2.68 bits per heavy atom. The molecular formula is C17H26N4O. The highest BCUT2D eigenvalue weighted by Gasteiger charge is 2.46. The summed E-state index contributed by atoms with van der Waals surface area (Å²) in [6.45, 7) is 6.31. The van der Waals surface area contributed by atoms with E-state index in [9.17, 15) is 4.79 Å². The third kappa shape index (κ3) is 3.15. The van der Waals surface area contributed by atoms with E-state index in [1.54, 1.807) is 6.20 Å². The van der Waals surface area contributed by atoms with Gasteiger partial charge in [0.2, 0.25) is 5.91 Å². The molecule has 2 heterocycles. The van der Waals surface area contributed by atoms with Crippen molar-refractivity contribution in [2.45, 2.75) is 51.7 Å². The number of aromatic nitrogens is 1. The van der Waals surface area contributed by atoms with E-state index in [4.69, 9.17) is 0 Å². The number of hydrogen-bond acceptors (Lipinski definition) is 4. The number of hydrogen-bond donors (Lipinski definition) is 3. The van der Waals surface area contributed by atoms with Gasteiger partial charge in [0, 0.05) is 18.3 Å². The van der Waals surface area contributed by atoms with E-state index < -0.39 is 0 Å². The average molecular weight is 302 g/mol. The summed E-state index contributed by atoms with van der Waals surface area (Å²) in [5.41, 5.74) is 7.48. The Labute approximate surface area is 132 Å². The van der Waals surface area contributed by atoms with Crippen molar-refractivity contribution in [1.82, 2.24) is 21.2 Å². The predicted molar refractivity (Wildman–Crippen MR) is 85.7 cm³/mol. The molecule has 1 aliphatic carbocycles. The van der Waals surface area contributed by atoms with E-state index in [0.29, 0.717) is 11.8 Å². The zero-order valence-electron chi connectivity index (χ0n) is 13.5. The molecule has 1 amide bonds. The second kappa shape index (κ2) is 6.34. The molecule has 0 spiro atoms. The predicted octanol–water partition coefficient (Wildman–Crippen LogP) is 1.79. The lowest BCUT2D eigenvalue weighted by atomic mass is 9.90. The maximum absolute atomic E-state index is 12.9. The molecule has 3 N–H and O–H groups in total. The zero-order chi connectivity index (χ0) is 15.7. The third-order valence-electron chi connectivity index (χ3n) is 4.81. The molecule has 4 atom stereocenters. The third-order valence-corrected chi connectivity index (χ3v) is 4.81. The molecule has 1 saturated carbocycles. The Hall–Kier alpha value is -1.46. The van der Waals surface area contributed by atoms with Crippen LogP contribution in [0.1, 0.15) is 45.3 Å². The van der Waals surface area contributed by atoms with Gasteiger partial charge in [0.15, 0.2) is 0 Å². The van der Waals surface area contributed by atoms with E-state index in [1.807, 2.05) is 18.2 Å². The maximum Gasteiger partial charge on any atom is 0.226 e. The number of carbonyl (C=O) groups excluding carboxylic acids is 1. The van der Waals surface area contributed by atoms with Crippen LogP contribution in [0.25, 0.3) is 0 Å². The Balaban J connectivity index is 1.73. The quantitative estimate of drug-likeness (QED) is 0.776. The summed E-state index contributed by atoms with van der Waals surface area (Å²) >= 11 is 0. The summed E-state index contributed by atoms with van der Waals surface area (Å²) in [6.07, 6.45) is 4.23. The van der Waals surface area contributed by atoms with E-state index in [1.165, 1.54) is 12.8 Å². The van der Waals surface area contributed by atoms with Crippen molar-refractivity contribution in [2.75, 3.05) is 0 Å². The number of nitrogens with one attached hydrogen (secondary N) is 3. The number of nitrogens with zero attached hydrogens (tertiary/aromatic N) is 1. The molecule has 0 aromatic carbocycles. The van der Waals surface area contributed by atoms with Crippen LogP contribution in [-0.2, 0) is 4.79 Å². The Bertz CT molecular complexity index is 515. The molecule has 120 valence electrons. The molecule has 5 heteroatoms. The van der Waals surface area contributed by atoms with Gasteiger partial charge >= 0.3 is 0 Å². The van der Waals surface area contributed by atoms with Crippen LogP contribution in [0, 0.1) is 17.8 Å². The van der Waals surface area contributed by atoms with E-state index in [2.05, 4.69) is 41.9 Å². The van der Waals surface area contributed by atoms with Crippen LogP contribution < -0.4 is 16.2 Å². The summed E-state index contributed by atoms with van der Waals surface area (Å²) in [6, 6.07) is 6.23. The summed E-state index contributed by atoms with van der Waals surface area (Å²) in [7, 11) is 0. The van der Waals surface area contributed by atoms with Gasteiger partial charge in [-0.15, -0.1) is 0 Å². The van der Waals surface area contributed by atoms with E-state index in [0.717, 1.165) is 5.69 Å². The number of rotatable bonds is 5. The van der Waals surface area contributed by atoms with Crippen molar-refractivity contribution < 1.29 is 4.79 Å². The standard InChI is InChI=1S/C17H26N4O/c1-10(2)15(13-6-4-5-9-18-13)19-17(22)14-11(3)20-21-16(14)12-7-8-12/h4-6,9-12,14-16,20-21H,7-8H2,1-3H3,(H,19,22). The van der Waals surface area contributed by atoms with Gasteiger partial charge in [-0.25, -0.2) is 0 Å². The molecule has 0 radical (unpaired) electrons. The topological polar surface area (TPSA) is 66.1 Å². The van der Waals surface area contributed by atoms with Gasteiger partial charge in [-0.1, -0.05) is 19.9 Å². The minimum Gasteiger partial charge on any atom is -0.347 e. The number of carbonyl (C=O) groups is 1. The van der Waals surface area contributed by atoms with Crippen molar-refractivity contribution in [3.05, 3.63) is 30.1 Å². The van der Waals surface area contributed by atoms with Gasteiger partial charge in [-0.3, -0.25) is 20.6 Å². The molecule has 1 aliphatic heterocycles. The Morgan fingerprint density at radius 1 is 1.32 bits per heavy atom. The first-order valence-corrected chi connectivity index (χ1v) is 8.30. The monoisotopic (exact) mass is 302 g/mol. The minimum atomic E-state index is -0.0404. The first-order valence-electron chi connectivity index (χ1n) is 8.30. The summed E-state index contributed by atoms with van der Waals surface area (Å²) < 4.78 is 0. The fraction of sp³-hybridized carbons (Fsp3) is 0.647. The smallest absolute Gasteiger partial charge is 0.226 e. The number of amides is 1. The molecule has 1 aromatic rings. The van der Waals surface area contributed by atoms with Crippen molar-refractivity contribution in [3.8, 4) is 0 Å². The molecule has 2 fully saturated rings. The van der Waals surface area contributed by atoms with Gasteiger partial charge in [-0.05, 0) is 43.7 Å². The molecule has 2 aliphatic rings. The fourth-order valence-electron chi connectivity index (χ4n) is 3.37. The lowest BCUT2D eigenvalue weighted by molar-refractivity contribution is -0.126. The fourth-order valence-corrected chi connectivity index (χ4v) is 3.37. The van der Waals surface area contributed by atoms with Crippen molar-refractivity contribution in [1.29, 1.82) is 0 Å². The van der Waals surface area contributed by atoms with Crippen LogP contribution >= 0.6 is 0 Å². The molecule has 0 bridgehead atoms. The molecular weight excluding hydrogens is 276 g/mol. The Morgan fingerprint density at radius 2 is 2.09 bits per heavy atom. The SMILES string of the molecule is CC(C)C(NC(=O)C1C(C)NNC1C1CC1)c1ccccn1. The highest BCUT2D eigenvalue weighted by Crippen LogP contribution is 2.38. The van der Waals surface area contributed by atoms with Crippen LogP contribution in [0.4, 0.5) is 0 Å². The first kappa shape index (κ1) is 15.4. The average Bonchev–Trinajstić information content (AvgIpc) is 3.28. The molecule has 1 saturated heterocycles. The van der Waals surface area contributed by atoms with Crippen LogP contribution in [0.2, 0.25) is 0 Å². The summed E-state index contributed by atoms with van der Waals surface area (Å²) in [4.78, 5) is 17.3. The van der Waals surface area contributed by atoms with Crippen LogP contribution in [0.5, 0.6) is 0 Å². The first-order chi connectivity index (χ1) is 10.6. The molecule has 5 nitrogen and oxygen atoms in total. The van der Waals surface area contributed by atoms with Crippen molar-refractivity contribution in [3.63, 3.8) is 0 Å². The highest BCUT2D eigenvalue weighted by molar-refractivity contribution is 5.81. The molecule has 1 aromatic heterocycles. The zero-order valence-corrected chi connectivity index (χ0v) is 13.5. The Kier molecular flexibility index (Phi) is 4.45. The summed E-state index contributed by atoms with van der Waals surface area (Å²) in [5.74, 6) is 1.06. The number of hydrazine groups is 1. The van der Waals surface area contributed by atoms with Crippen molar-refractivity contribution >= 4 is 5.91 Å². The molecule has 4 unspecified atom stereocenters. The lowest BCUT2D eigenvalue weighted by Crippen LogP contribution is -2.44. The minimum absolute atomic E-state index is 0.0162. The lowest BCUT2D eigenvalue weighted by Gasteiger charge is -2.26. The van der Waals surface area contributed by atoms with E-state index >= 15 is 0 Å². The van der Waals surface area contributed by atoms with Gasteiger partial charge in [0.1, 0.15) is 0 Å². The normalized spacial score (nSPS) is 29.5. The number of pyridine rings is 1. The second-order valence-corrected chi connectivity index (χ2v) is 6.95. The van der Waals surface area contributed by atoms with Gasteiger partial charge < -0.3 is 5.32 Å². The highest BCUT2D eigenvalue weighted by atomic mass is 16.2. The van der Waals surface area contributed by atoms with Gasteiger partial charge in [0.25, 0.3) is 0 Å². The van der Waals surface area contributed by atoms with Crippen molar-refractivity contribution in [2.24, 2.45) is 17.8 Å². The maximum atomic E-state index is 12.9. The van der Waals surface area contributed by atoms with Crippen LogP contribution in [0.15, 0.2) is 24.4 Å².